The van der Waals surface area contributed by atoms with Crippen LogP contribution in [0.1, 0.15) is 40.0 Å². The molecule has 0 amide bonds. The van der Waals surface area contributed by atoms with Crippen molar-refractivity contribution < 1.29 is 19.1 Å². The van der Waals surface area contributed by atoms with E-state index in [1.807, 2.05) is 20.8 Å². The van der Waals surface area contributed by atoms with Crippen LogP contribution in [0.2, 0.25) is 0 Å². The third-order valence-corrected chi connectivity index (χ3v) is 4.32. The van der Waals surface area contributed by atoms with Crippen LogP contribution in [-0.4, -0.2) is 23.1 Å². The number of fused-ring (bicyclic) bond motifs is 3. The molecule has 4 heteroatoms. The van der Waals surface area contributed by atoms with Crippen LogP contribution in [0.5, 0.6) is 0 Å². The fourth-order valence-electron chi connectivity index (χ4n) is 2.79. The van der Waals surface area contributed by atoms with Gasteiger partial charge in [-0.25, -0.2) is 9.59 Å². The van der Waals surface area contributed by atoms with Gasteiger partial charge in [0, 0.05) is 24.3 Å². The third kappa shape index (κ3) is 1.58. The van der Waals surface area contributed by atoms with Crippen LogP contribution in [0, 0.1) is 5.41 Å². The lowest BCUT2D eigenvalue weighted by atomic mass is 9.59. The summed E-state index contributed by atoms with van der Waals surface area (Å²) in [5.41, 5.74) is -1.75. The van der Waals surface area contributed by atoms with Crippen LogP contribution in [0.3, 0.4) is 0 Å². The largest absolute Gasteiger partial charge is 0.456 e. The Morgan fingerprint density at radius 3 is 2.53 bits per heavy atom. The van der Waals surface area contributed by atoms with Crippen LogP contribution in [0.15, 0.2) is 12.7 Å². The highest BCUT2D eigenvalue weighted by Gasteiger charge is 2.65. The summed E-state index contributed by atoms with van der Waals surface area (Å²) in [6.45, 7) is 9.37. The van der Waals surface area contributed by atoms with E-state index in [4.69, 9.17) is 9.47 Å². The first kappa shape index (κ1) is 12.1. The second-order valence-corrected chi connectivity index (χ2v) is 5.80. The van der Waals surface area contributed by atoms with Gasteiger partial charge in [0.15, 0.2) is 0 Å². The number of hydrogen-bond acceptors (Lipinski definition) is 4. The van der Waals surface area contributed by atoms with Gasteiger partial charge >= 0.3 is 11.9 Å². The molecule has 0 aromatic carbocycles. The fourth-order valence-corrected chi connectivity index (χ4v) is 2.79. The Balaban J connectivity index is 2.33. The van der Waals surface area contributed by atoms with Crippen molar-refractivity contribution in [3.8, 4) is 0 Å². The molecule has 1 saturated carbocycles. The van der Waals surface area contributed by atoms with E-state index >= 15 is 0 Å². The topological polar surface area (TPSA) is 52.6 Å². The lowest BCUT2D eigenvalue weighted by molar-refractivity contribution is -0.253. The molecule has 0 radical (unpaired) electrons. The van der Waals surface area contributed by atoms with Gasteiger partial charge in [0.05, 0.1) is 0 Å². The number of ether oxygens (including phenoxy) is 2. The predicted octanol–water partition coefficient (Wildman–Crippen LogP) is 1.98. The smallest absolute Gasteiger partial charge is 0.351 e. The first-order valence-corrected chi connectivity index (χ1v) is 5.84. The van der Waals surface area contributed by atoms with Crippen LogP contribution >= 0.6 is 0 Å². The summed E-state index contributed by atoms with van der Waals surface area (Å²) in [7, 11) is 0. The molecule has 4 nitrogen and oxygen atoms in total. The van der Waals surface area contributed by atoms with E-state index < -0.39 is 23.1 Å². The Bertz CT molecular complexity index is 398. The SMILES string of the molecule is C=CC(=O)OC12CCC(C)(OC1=O)C(C)(C)C2. The number of esters is 2. The molecule has 0 aromatic rings. The maximum absolute atomic E-state index is 12.0. The highest BCUT2D eigenvalue weighted by molar-refractivity contribution is 5.88. The van der Waals surface area contributed by atoms with Gasteiger partial charge in [-0.3, -0.25) is 0 Å². The zero-order valence-corrected chi connectivity index (χ0v) is 10.5. The van der Waals surface area contributed by atoms with Crippen LogP contribution in [0.25, 0.3) is 0 Å². The van der Waals surface area contributed by atoms with E-state index in [2.05, 4.69) is 6.58 Å². The van der Waals surface area contributed by atoms with Gasteiger partial charge in [-0.1, -0.05) is 20.4 Å². The van der Waals surface area contributed by atoms with Crippen molar-refractivity contribution in [2.45, 2.75) is 51.2 Å². The minimum atomic E-state index is -1.10. The molecule has 2 unspecified atom stereocenters. The molecule has 0 aromatic heterocycles. The molecule has 17 heavy (non-hydrogen) atoms. The minimum Gasteiger partial charge on any atom is -0.456 e. The predicted molar refractivity (Wildman–Crippen MR) is 61.1 cm³/mol. The maximum atomic E-state index is 12.0. The summed E-state index contributed by atoms with van der Waals surface area (Å²) in [5, 5.41) is 0. The third-order valence-electron chi connectivity index (χ3n) is 4.32. The molecule has 94 valence electrons. The van der Waals surface area contributed by atoms with E-state index in [1.54, 1.807) is 0 Å². The monoisotopic (exact) mass is 238 g/mol. The molecule has 2 bridgehead atoms. The van der Waals surface area contributed by atoms with Crippen LogP contribution in [-0.2, 0) is 19.1 Å². The molecule has 2 heterocycles. The molecule has 3 fully saturated rings. The maximum Gasteiger partial charge on any atom is 0.351 e. The van der Waals surface area contributed by atoms with Crippen molar-refractivity contribution in [2.24, 2.45) is 5.41 Å². The summed E-state index contributed by atoms with van der Waals surface area (Å²) < 4.78 is 10.8. The van der Waals surface area contributed by atoms with Gasteiger partial charge < -0.3 is 9.47 Å². The molecule has 1 aliphatic carbocycles. The average Bonchev–Trinajstić information content (AvgIpc) is 2.21. The van der Waals surface area contributed by atoms with E-state index in [9.17, 15) is 9.59 Å². The standard InChI is InChI=1S/C13H18O4/c1-5-9(14)16-13-7-6-12(4,17-10(13)15)11(2,3)8-13/h5H,1,6-8H2,2-4H3. The van der Waals surface area contributed by atoms with Crippen molar-refractivity contribution in [1.29, 1.82) is 0 Å². The van der Waals surface area contributed by atoms with Crippen molar-refractivity contribution >= 4 is 11.9 Å². The first-order chi connectivity index (χ1) is 7.75. The lowest BCUT2D eigenvalue weighted by Crippen LogP contribution is -2.66. The zero-order valence-electron chi connectivity index (χ0n) is 10.5. The zero-order chi connectivity index (χ0) is 12.9. The molecular weight excluding hydrogens is 220 g/mol. The molecule has 0 N–H and O–H groups in total. The van der Waals surface area contributed by atoms with Crippen LogP contribution in [0.4, 0.5) is 0 Å². The minimum absolute atomic E-state index is 0.194. The van der Waals surface area contributed by atoms with E-state index in [1.165, 1.54) is 0 Å². The van der Waals surface area contributed by atoms with Crippen molar-refractivity contribution in [3.63, 3.8) is 0 Å². The van der Waals surface area contributed by atoms with Gasteiger partial charge in [0.1, 0.15) is 5.60 Å². The summed E-state index contributed by atoms with van der Waals surface area (Å²) in [4.78, 5) is 23.3. The lowest BCUT2D eigenvalue weighted by Gasteiger charge is -2.57. The Hall–Kier alpha value is -1.32. The molecular formula is C13H18O4. The number of carbonyl (C=O) groups is 2. The van der Waals surface area contributed by atoms with Gasteiger partial charge in [-0.05, 0) is 13.3 Å². The summed E-state index contributed by atoms with van der Waals surface area (Å²) in [6, 6.07) is 0. The summed E-state index contributed by atoms with van der Waals surface area (Å²) in [6.07, 6.45) is 2.84. The first-order valence-electron chi connectivity index (χ1n) is 5.84. The molecule has 2 saturated heterocycles. The Labute approximate surface area is 101 Å². The Morgan fingerprint density at radius 2 is 2.06 bits per heavy atom. The van der Waals surface area contributed by atoms with Gasteiger partial charge in [0.2, 0.25) is 5.60 Å². The second-order valence-electron chi connectivity index (χ2n) is 5.80. The van der Waals surface area contributed by atoms with Gasteiger partial charge in [-0.15, -0.1) is 0 Å². The molecule has 0 spiro atoms. The summed E-state index contributed by atoms with van der Waals surface area (Å²) in [5.74, 6) is -0.982. The number of rotatable bonds is 2. The fraction of sp³-hybridized carbons (Fsp3) is 0.692. The Morgan fingerprint density at radius 1 is 1.41 bits per heavy atom. The molecule has 2 atom stereocenters. The van der Waals surface area contributed by atoms with Crippen molar-refractivity contribution in [1.82, 2.24) is 0 Å². The van der Waals surface area contributed by atoms with Gasteiger partial charge in [-0.2, -0.15) is 0 Å². The average molecular weight is 238 g/mol. The van der Waals surface area contributed by atoms with Crippen LogP contribution < -0.4 is 0 Å². The van der Waals surface area contributed by atoms with E-state index in [0.29, 0.717) is 12.8 Å². The molecule has 2 aliphatic heterocycles. The summed E-state index contributed by atoms with van der Waals surface area (Å²) >= 11 is 0. The quantitative estimate of drug-likeness (QED) is 0.545. The normalized spacial score (nSPS) is 38.4. The Kier molecular flexibility index (Phi) is 2.39. The highest BCUT2D eigenvalue weighted by Crippen LogP contribution is 2.56. The van der Waals surface area contributed by atoms with E-state index in [0.717, 1.165) is 12.5 Å². The number of hydrogen-bond donors (Lipinski definition) is 0. The van der Waals surface area contributed by atoms with Crippen molar-refractivity contribution in [2.75, 3.05) is 0 Å². The van der Waals surface area contributed by atoms with E-state index in [-0.39, 0.29) is 5.41 Å². The number of carbonyl (C=O) groups excluding carboxylic acids is 2. The van der Waals surface area contributed by atoms with Gasteiger partial charge in [0.25, 0.3) is 0 Å². The second kappa shape index (κ2) is 3.34. The van der Waals surface area contributed by atoms with Crippen molar-refractivity contribution in [3.05, 3.63) is 12.7 Å². The molecule has 3 aliphatic rings. The highest BCUT2D eigenvalue weighted by atomic mass is 16.6. The molecule has 3 rings (SSSR count).